The molecule has 7 heteroatoms. The number of piperazine rings is 1. The van der Waals surface area contributed by atoms with E-state index in [-0.39, 0.29) is 11.7 Å². The van der Waals surface area contributed by atoms with Crippen LogP contribution in [0.5, 0.6) is 0 Å². The molecular weight excluding hydrogens is 393 g/mol. The van der Waals surface area contributed by atoms with Crippen LogP contribution < -0.4 is 10.2 Å². The number of rotatable bonds is 6. The number of halogens is 1. The van der Waals surface area contributed by atoms with Crippen LogP contribution in [0.25, 0.3) is 0 Å². The molecule has 31 heavy (non-hydrogen) atoms. The summed E-state index contributed by atoms with van der Waals surface area (Å²) in [6.45, 7) is 6.98. The minimum absolute atomic E-state index is 0.0118. The lowest BCUT2D eigenvalue weighted by Crippen LogP contribution is -2.52. The van der Waals surface area contributed by atoms with E-state index >= 15 is 0 Å². The highest BCUT2D eigenvalue weighted by atomic mass is 19.1. The van der Waals surface area contributed by atoms with Crippen LogP contribution in [0.3, 0.4) is 0 Å². The van der Waals surface area contributed by atoms with Gasteiger partial charge in [0, 0.05) is 64.6 Å². The molecule has 3 rings (SSSR count). The minimum Gasteiger partial charge on any atom is -0.368 e. The van der Waals surface area contributed by atoms with Crippen LogP contribution in [-0.2, 0) is 6.42 Å². The normalized spacial score (nSPS) is 14.5. The lowest BCUT2D eigenvalue weighted by atomic mass is 10.1. The van der Waals surface area contributed by atoms with E-state index in [1.807, 2.05) is 36.4 Å². The number of guanidine groups is 1. The second-order valence-corrected chi connectivity index (χ2v) is 7.84. The summed E-state index contributed by atoms with van der Waals surface area (Å²) in [4.78, 5) is 23.1. The van der Waals surface area contributed by atoms with Crippen LogP contribution in [0, 0.1) is 5.82 Å². The van der Waals surface area contributed by atoms with Crippen molar-refractivity contribution in [2.75, 3.05) is 58.3 Å². The summed E-state index contributed by atoms with van der Waals surface area (Å²) in [6.07, 6.45) is 0.777. The molecule has 0 saturated carbocycles. The standard InChI is InChI=1S/C24H32FN5O/c1-4-26-24(27-13-12-19-6-5-7-20(18-19)23(31)28(2)3)30-16-14-29(15-17-30)22-10-8-21(25)9-11-22/h5-11,18H,4,12-17H2,1-3H3,(H,26,27). The van der Waals surface area contributed by atoms with E-state index < -0.39 is 0 Å². The summed E-state index contributed by atoms with van der Waals surface area (Å²) in [5.74, 6) is 0.722. The maximum absolute atomic E-state index is 13.2. The zero-order chi connectivity index (χ0) is 22.2. The van der Waals surface area contributed by atoms with Crippen LogP contribution in [0.2, 0.25) is 0 Å². The fourth-order valence-electron chi connectivity index (χ4n) is 3.66. The van der Waals surface area contributed by atoms with E-state index in [4.69, 9.17) is 4.99 Å². The molecule has 0 unspecified atom stereocenters. The summed E-state index contributed by atoms with van der Waals surface area (Å²) < 4.78 is 13.2. The van der Waals surface area contributed by atoms with Crippen molar-refractivity contribution < 1.29 is 9.18 Å². The van der Waals surface area contributed by atoms with Crippen molar-refractivity contribution in [1.29, 1.82) is 0 Å². The number of carbonyl (C=O) groups excluding carboxylic acids is 1. The predicted octanol–water partition coefficient (Wildman–Crippen LogP) is 2.86. The number of nitrogens with zero attached hydrogens (tertiary/aromatic N) is 4. The molecule has 1 amide bonds. The van der Waals surface area contributed by atoms with Crippen LogP contribution >= 0.6 is 0 Å². The Bertz CT molecular complexity index is 889. The van der Waals surface area contributed by atoms with Gasteiger partial charge in [-0.25, -0.2) is 4.39 Å². The monoisotopic (exact) mass is 425 g/mol. The van der Waals surface area contributed by atoms with Gasteiger partial charge in [0.1, 0.15) is 5.82 Å². The summed E-state index contributed by atoms with van der Waals surface area (Å²) >= 11 is 0. The van der Waals surface area contributed by atoms with Gasteiger partial charge in [-0.2, -0.15) is 0 Å². The third-order valence-electron chi connectivity index (χ3n) is 5.35. The Morgan fingerprint density at radius 1 is 1.10 bits per heavy atom. The van der Waals surface area contributed by atoms with E-state index in [1.54, 1.807) is 19.0 Å². The van der Waals surface area contributed by atoms with E-state index in [0.29, 0.717) is 12.1 Å². The van der Waals surface area contributed by atoms with Gasteiger partial charge in [0.15, 0.2) is 5.96 Å². The number of nitrogens with one attached hydrogen (secondary N) is 1. The number of anilines is 1. The topological polar surface area (TPSA) is 51.2 Å². The number of hydrogen-bond donors (Lipinski definition) is 1. The quantitative estimate of drug-likeness (QED) is 0.571. The maximum Gasteiger partial charge on any atom is 0.253 e. The smallest absolute Gasteiger partial charge is 0.253 e. The summed E-state index contributed by atoms with van der Waals surface area (Å²) in [5.41, 5.74) is 2.86. The van der Waals surface area contributed by atoms with Gasteiger partial charge < -0.3 is 20.0 Å². The fourth-order valence-corrected chi connectivity index (χ4v) is 3.66. The molecule has 1 aliphatic rings. The number of amides is 1. The third-order valence-corrected chi connectivity index (χ3v) is 5.35. The minimum atomic E-state index is -0.208. The Kier molecular flexibility index (Phi) is 7.87. The highest BCUT2D eigenvalue weighted by Gasteiger charge is 2.19. The first kappa shape index (κ1) is 22.6. The van der Waals surface area contributed by atoms with E-state index in [2.05, 4.69) is 22.0 Å². The Labute approximate surface area is 184 Å². The molecule has 0 atom stereocenters. The van der Waals surface area contributed by atoms with Crippen LogP contribution in [-0.4, -0.2) is 75.0 Å². The van der Waals surface area contributed by atoms with Crippen LogP contribution in [0.4, 0.5) is 10.1 Å². The van der Waals surface area contributed by atoms with Gasteiger partial charge >= 0.3 is 0 Å². The Hall–Kier alpha value is -3.09. The van der Waals surface area contributed by atoms with Crippen molar-refractivity contribution in [3.05, 3.63) is 65.5 Å². The van der Waals surface area contributed by atoms with Gasteiger partial charge in [-0.3, -0.25) is 9.79 Å². The van der Waals surface area contributed by atoms with Gasteiger partial charge in [0.2, 0.25) is 0 Å². The molecule has 0 aromatic heterocycles. The molecule has 2 aromatic carbocycles. The molecule has 1 aliphatic heterocycles. The lowest BCUT2D eigenvalue weighted by molar-refractivity contribution is 0.0827. The molecular formula is C24H32FN5O. The second-order valence-electron chi connectivity index (χ2n) is 7.84. The van der Waals surface area contributed by atoms with E-state index in [1.165, 1.54) is 12.1 Å². The van der Waals surface area contributed by atoms with Crippen LogP contribution in [0.1, 0.15) is 22.8 Å². The Morgan fingerprint density at radius 3 is 2.45 bits per heavy atom. The highest BCUT2D eigenvalue weighted by molar-refractivity contribution is 5.94. The van der Waals surface area contributed by atoms with Crippen molar-refractivity contribution in [3.8, 4) is 0 Å². The van der Waals surface area contributed by atoms with Gasteiger partial charge in [0.25, 0.3) is 5.91 Å². The average molecular weight is 426 g/mol. The van der Waals surface area contributed by atoms with E-state index in [9.17, 15) is 9.18 Å². The molecule has 0 aliphatic carbocycles. The lowest BCUT2D eigenvalue weighted by Gasteiger charge is -2.37. The van der Waals surface area contributed by atoms with Crippen molar-refractivity contribution >= 4 is 17.6 Å². The van der Waals surface area contributed by atoms with Gasteiger partial charge in [0.05, 0.1) is 0 Å². The number of aliphatic imine (C=N–C) groups is 1. The zero-order valence-corrected chi connectivity index (χ0v) is 18.6. The van der Waals surface area contributed by atoms with Crippen molar-refractivity contribution in [1.82, 2.24) is 15.1 Å². The summed E-state index contributed by atoms with van der Waals surface area (Å²) in [7, 11) is 3.52. The SMILES string of the molecule is CCNC(=NCCc1cccc(C(=O)N(C)C)c1)N1CCN(c2ccc(F)cc2)CC1. The van der Waals surface area contributed by atoms with E-state index in [0.717, 1.165) is 56.4 Å². The number of hydrogen-bond acceptors (Lipinski definition) is 3. The molecule has 166 valence electrons. The molecule has 0 radical (unpaired) electrons. The van der Waals surface area contributed by atoms with Crippen molar-refractivity contribution in [2.24, 2.45) is 4.99 Å². The van der Waals surface area contributed by atoms with Crippen molar-refractivity contribution in [2.45, 2.75) is 13.3 Å². The Morgan fingerprint density at radius 2 is 1.81 bits per heavy atom. The molecule has 0 spiro atoms. The molecule has 6 nitrogen and oxygen atoms in total. The predicted molar refractivity (Wildman–Crippen MR) is 124 cm³/mol. The van der Waals surface area contributed by atoms with Gasteiger partial charge in [-0.15, -0.1) is 0 Å². The van der Waals surface area contributed by atoms with Crippen molar-refractivity contribution in [3.63, 3.8) is 0 Å². The van der Waals surface area contributed by atoms with Crippen LogP contribution in [0.15, 0.2) is 53.5 Å². The first-order chi connectivity index (χ1) is 15.0. The number of benzene rings is 2. The fraction of sp³-hybridized carbons (Fsp3) is 0.417. The first-order valence-corrected chi connectivity index (χ1v) is 10.8. The van der Waals surface area contributed by atoms with Gasteiger partial charge in [-0.05, 0) is 55.3 Å². The molecule has 1 fully saturated rings. The Balaban J connectivity index is 1.58. The highest BCUT2D eigenvalue weighted by Crippen LogP contribution is 2.17. The summed E-state index contributed by atoms with van der Waals surface area (Å²) in [5, 5.41) is 3.39. The molecule has 2 aromatic rings. The molecule has 1 N–H and O–H groups in total. The van der Waals surface area contributed by atoms with Gasteiger partial charge in [-0.1, -0.05) is 12.1 Å². The molecule has 1 heterocycles. The average Bonchev–Trinajstić information content (AvgIpc) is 2.79. The maximum atomic E-state index is 13.2. The zero-order valence-electron chi connectivity index (χ0n) is 18.6. The number of carbonyl (C=O) groups is 1. The molecule has 1 saturated heterocycles. The summed E-state index contributed by atoms with van der Waals surface area (Å²) in [6, 6.07) is 14.4. The molecule has 0 bridgehead atoms. The first-order valence-electron chi connectivity index (χ1n) is 10.8. The third kappa shape index (κ3) is 6.20. The second kappa shape index (κ2) is 10.8. The largest absolute Gasteiger partial charge is 0.368 e.